The zero-order valence-corrected chi connectivity index (χ0v) is 28.8. The number of benzene rings is 8. The molecule has 0 N–H and O–H groups in total. The van der Waals surface area contributed by atoms with Crippen LogP contribution in [0.3, 0.4) is 0 Å². The number of rotatable bonds is 2. The molecule has 250 valence electrons. The Morgan fingerprint density at radius 1 is 0.389 bits per heavy atom. The van der Waals surface area contributed by atoms with Gasteiger partial charge in [0.25, 0.3) is 6.71 Å². The van der Waals surface area contributed by atoms with E-state index in [-0.39, 0.29) is 6.71 Å². The third kappa shape index (κ3) is 3.64. The fourth-order valence-electron chi connectivity index (χ4n) is 9.41. The smallest absolute Gasteiger partial charge is 0.260 e. The van der Waals surface area contributed by atoms with Crippen LogP contribution in [0.25, 0.3) is 76.9 Å². The molecule has 0 saturated carbocycles. The lowest BCUT2D eigenvalue weighted by atomic mass is 9.35. The Bertz CT molecular complexity index is 3340. The minimum absolute atomic E-state index is 0.00424. The first-order valence-corrected chi connectivity index (χ1v) is 18.4. The van der Waals surface area contributed by atoms with Gasteiger partial charge in [-0.25, -0.2) is 0 Å². The monoisotopic (exact) mass is 690 g/mol. The molecule has 0 radical (unpaired) electrons. The van der Waals surface area contributed by atoms with E-state index in [1.807, 2.05) is 24.3 Å². The van der Waals surface area contributed by atoms with E-state index in [0.29, 0.717) is 0 Å². The van der Waals surface area contributed by atoms with Crippen LogP contribution in [0.5, 0.6) is 23.0 Å². The van der Waals surface area contributed by atoms with Crippen molar-refractivity contribution in [3.8, 4) is 34.4 Å². The van der Waals surface area contributed by atoms with Crippen LogP contribution >= 0.6 is 0 Å². The lowest BCUT2D eigenvalue weighted by Crippen LogP contribution is -2.57. The van der Waals surface area contributed by atoms with E-state index in [0.717, 1.165) is 106 Å². The van der Waals surface area contributed by atoms with Crippen molar-refractivity contribution in [3.63, 3.8) is 0 Å². The van der Waals surface area contributed by atoms with Crippen LogP contribution in [-0.2, 0) is 0 Å². The molecule has 0 unspecified atom stereocenters. The molecule has 0 amide bonds. The Labute approximate surface area is 308 Å². The molecular formula is C48H27BN2O3. The Morgan fingerprint density at radius 3 is 1.83 bits per heavy atom. The molecule has 2 aliphatic rings. The summed E-state index contributed by atoms with van der Waals surface area (Å²) in [6.07, 6.45) is 0. The number of para-hydroxylation sites is 5. The average Bonchev–Trinajstić information content (AvgIpc) is 3.87. The quantitative estimate of drug-likeness (QED) is 0.170. The van der Waals surface area contributed by atoms with E-state index < -0.39 is 0 Å². The van der Waals surface area contributed by atoms with Crippen molar-refractivity contribution in [1.29, 1.82) is 0 Å². The predicted octanol–water partition coefficient (Wildman–Crippen LogP) is 10.5. The minimum atomic E-state index is 0.00424. The van der Waals surface area contributed by atoms with E-state index in [4.69, 9.17) is 13.9 Å². The molecular weight excluding hydrogens is 663 g/mol. The molecule has 5 nitrogen and oxygen atoms in total. The van der Waals surface area contributed by atoms with E-state index in [2.05, 4.69) is 149 Å². The Hall–Kier alpha value is -7.18. The molecule has 0 aliphatic carbocycles. The first kappa shape index (κ1) is 28.4. The molecule has 0 saturated heterocycles. The van der Waals surface area contributed by atoms with Gasteiger partial charge in [-0.2, -0.15) is 0 Å². The fraction of sp³-hybridized carbons (Fsp3) is 0. The summed E-state index contributed by atoms with van der Waals surface area (Å²) in [5.74, 6) is 3.36. The average molecular weight is 691 g/mol. The SMILES string of the molecule is c1ccc(-n2c3ccccc3c3c2ccc2c4cc5oc6ccccc6c5cc4n(-c4cc5c6c(c4)Oc4ccccc4B6c4ccccc4O5)c23)cc1. The van der Waals surface area contributed by atoms with Crippen LogP contribution in [0.15, 0.2) is 168 Å². The maximum absolute atomic E-state index is 6.82. The highest BCUT2D eigenvalue weighted by molar-refractivity contribution is 6.98. The molecule has 3 aromatic heterocycles. The van der Waals surface area contributed by atoms with Crippen LogP contribution in [-0.4, -0.2) is 15.8 Å². The summed E-state index contributed by atoms with van der Waals surface area (Å²) in [6, 6.07) is 58.0. The lowest BCUT2D eigenvalue weighted by molar-refractivity contribution is 0.464. The molecule has 0 spiro atoms. The Balaban J connectivity index is 1.20. The Kier molecular flexibility index (Phi) is 5.39. The summed E-state index contributed by atoms with van der Waals surface area (Å²) in [5.41, 5.74) is 11.7. The number of fused-ring (bicyclic) bond motifs is 14. The number of hydrogen-bond acceptors (Lipinski definition) is 3. The third-order valence-electron chi connectivity index (χ3n) is 11.6. The predicted molar refractivity (Wildman–Crippen MR) is 220 cm³/mol. The van der Waals surface area contributed by atoms with Gasteiger partial charge in [0.05, 0.1) is 27.8 Å². The van der Waals surface area contributed by atoms with Crippen molar-refractivity contribution >= 4 is 88.7 Å². The summed E-state index contributed by atoms with van der Waals surface area (Å²) < 4.78 is 24.9. The van der Waals surface area contributed by atoms with Crippen LogP contribution in [0.4, 0.5) is 0 Å². The van der Waals surface area contributed by atoms with Crippen LogP contribution < -0.4 is 25.9 Å². The maximum atomic E-state index is 6.82. The molecule has 5 heterocycles. The maximum Gasteiger partial charge on any atom is 0.260 e. The van der Waals surface area contributed by atoms with Gasteiger partial charge in [0.15, 0.2) is 0 Å². The minimum Gasteiger partial charge on any atom is -0.458 e. The molecule has 0 fully saturated rings. The lowest BCUT2D eigenvalue weighted by Gasteiger charge is -2.33. The van der Waals surface area contributed by atoms with Gasteiger partial charge in [0.1, 0.15) is 34.2 Å². The second kappa shape index (κ2) is 10.2. The Morgan fingerprint density at radius 2 is 1.06 bits per heavy atom. The molecule has 8 aromatic carbocycles. The summed E-state index contributed by atoms with van der Waals surface area (Å²) in [7, 11) is 0. The standard InChI is InChI=1S/C48H27BN2O3/c1-2-12-28(13-3-1)50-37-18-8-4-15-32(37)46-38(50)23-22-31-33-27-43-34(30-14-5-9-19-40(30)52-43)26-39(33)51(48(31)46)29-24-44-47-45(25-29)54-42-21-11-7-17-36(42)49(47)35-16-6-10-20-41(35)53-44/h1-27H. The van der Waals surface area contributed by atoms with Crippen molar-refractivity contribution in [2.75, 3.05) is 0 Å². The molecule has 0 bridgehead atoms. The van der Waals surface area contributed by atoms with Crippen LogP contribution in [0.2, 0.25) is 0 Å². The van der Waals surface area contributed by atoms with Gasteiger partial charge >= 0.3 is 0 Å². The first-order valence-electron chi connectivity index (χ1n) is 18.4. The third-order valence-corrected chi connectivity index (χ3v) is 11.6. The number of nitrogens with zero attached hydrogens (tertiary/aromatic N) is 2. The molecule has 54 heavy (non-hydrogen) atoms. The summed E-state index contributed by atoms with van der Waals surface area (Å²) in [6.45, 7) is 0.00424. The first-order chi connectivity index (χ1) is 26.8. The zero-order valence-electron chi connectivity index (χ0n) is 28.8. The number of ether oxygens (including phenoxy) is 2. The number of hydrogen-bond donors (Lipinski definition) is 0. The van der Waals surface area contributed by atoms with Gasteiger partial charge in [0.2, 0.25) is 0 Å². The molecule has 11 aromatic rings. The van der Waals surface area contributed by atoms with Gasteiger partial charge in [-0.1, -0.05) is 97.1 Å². The van der Waals surface area contributed by atoms with Gasteiger partial charge in [0, 0.05) is 55.6 Å². The van der Waals surface area contributed by atoms with Gasteiger partial charge in [-0.15, -0.1) is 0 Å². The van der Waals surface area contributed by atoms with Gasteiger partial charge < -0.3 is 23.0 Å². The highest BCUT2D eigenvalue weighted by Gasteiger charge is 2.40. The van der Waals surface area contributed by atoms with Crippen molar-refractivity contribution in [1.82, 2.24) is 9.13 Å². The number of aromatic nitrogens is 2. The van der Waals surface area contributed by atoms with Crippen molar-refractivity contribution in [2.24, 2.45) is 0 Å². The normalized spacial score (nSPS) is 13.1. The van der Waals surface area contributed by atoms with E-state index in [9.17, 15) is 0 Å². The second-order valence-corrected chi connectivity index (χ2v) is 14.4. The van der Waals surface area contributed by atoms with Gasteiger partial charge in [-0.05, 0) is 65.5 Å². The van der Waals surface area contributed by atoms with Crippen LogP contribution in [0, 0.1) is 0 Å². The fourth-order valence-corrected chi connectivity index (χ4v) is 9.41. The second-order valence-electron chi connectivity index (χ2n) is 14.4. The highest BCUT2D eigenvalue weighted by Crippen LogP contribution is 2.45. The zero-order chi connectivity index (χ0) is 35.1. The molecule has 0 atom stereocenters. The molecule has 2 aliphatic heterocycles. The van der Waals surface area contributed by atoms with Crippen LogP contribution in [0.1, 0.15) is 0 Å². The van der Waals surface area contributed by atoms with Crippen molar-refractivity contribution in [3.05, 3.63) is 164 Å². The van der Waals surface area contributed by atoms with Gasteiger partial charge in [-0.3, -0.25) is 0 Å². The van der Waals surface area contributed by atoms with E-state index >= 15 is 0 Å². The van der Waals surface area contributed by atoms with E-state index in [1.165, 1.54) is 10.8 Å². The highest BCUT2D eigenvalue weighted by atomic mass is 16.5. The van der Waals surface area contributed by atoms with Crippen molar-refractivity contribution in [2.45, 2.75) is 0 Å². The summed E-state index contributed by atoms with van der Waals surface area (Å²) >= 11 is 0. The van der Waals surface area contributed by atoms with Crippen molar-refractivity contribution < 1.29 is 13.9 Å². The molecule has 6 heteroatoms. The summed E-state index contributed by atoms with van der Waals surface area (Å²) in [4.78, 5) is 0. The largest absolute Gasteiger partial charge is 0.458 e. The summed E-state index contributed by atoms with van der Waals surface area (Å²) in [5, 5.41) is 6.83. The van der Waals surface area contributed by atoms with E-state index in [1.54, 1.807) is 0 Å². The molecule has 13 rings (SSSR count). The topological polar surface area (TPSA) is 41.5 Å². The number of furan rings is 1.